The van der Waals surface area contributed by atoms with Crippen LogP contribution in [-0.2, 0) is 10.0 Å². The molecule has 134 valence electrons. The van der Waals surface area contributed by atoms with Gasteiger partial charge in [-0.3, -0.25) is 0 Å². The van der Waals surface area contributed by atoms with E-state index in [1.807, 2.05) is 6.92 Å². The lowest BCUT2D eigenvalue weighted by Gasteiger charge is -2.11. The second-order valence-corrected chi connectivity index (χ2v) is 8.14. The maximum absolute atomic E-state index is 12.5. The van der Waals surface area contributed by atoms with Gasteiger partial charge in [0.1, 0.15) is 0 Å². The summed E-state index contributed by atoms with van der Waals surface area (Å²) in [4.78, 5) is 2.38. The van der Waals surface area contributed by atoms with Crippen LogP contribution < -0.4 is 9.57 Å². The smallest absolute Gasteiger partial charge is 0.277 e. The molecule has 2 N–H and O–H groups in total. The Morgan fingerprint density at radius 1 is 1.16 bits per heavy atom. The normalized spacial score (nSPS) is 11.7. The van der Waals surface area contributed by atoms with Gasteiger partial charge in [-0.1, -0.05) is 33.6 Å². The van der Waals surface area contributed by atoms with E-state index in [-0.39, 0.29) is 16.4 Å². The van der Waals surface area contributed by atoms with Gasteiger partial charge in [0.05, 0.1) is 18.2 Å². The molecule has 0 aromatic heterocycles. The molecule has 2 aromatic carbocycles. The molecule has 0 fully saturated rings. The van der Waals surface area contributed by atoms with Crippen LogP contribution in [0.15, 0.2) is 38.7 Å². The molecule has 0 heterocycles. The Labute approximate surface area is 155 Å². The summed E-state index contributed by atoms with van der Waals surface area (Å²) >= 11 is 3.29. The maximum Gasteiger partial charge on any atom is 0.277 e. The van der Waals surface area contributed by atoms with Crippen molar-refractivity contribution in [1.29, 1.82) is 0 Å². The number of hydrogen-bond donors (Lipinski definition) is 2. The second kappa shape index (κ2) is 7.45. The average molecular weight is 427 g/mol. The van der Waals surface area contributed by atoms with E-state index in [0.717, 1.165) is 5.56 Å². The number of nitrogens with zero attached hydrogens (tertiary/aromatic N) is 1. The van der Waals surface area contributed by atoms with Gasteiger partial charge in [-0.15, -0.1) is 0 Å². The summed E-state index contributed by atoms with van der Waals surface area (Å²) in [7, 11) is -2.40. The zero-order chi connectivity index (χ0) is 18.8. The fourth-order valence-electron chi connectivity index (χ4n) is 2.65. The Balaban J connectivity index is 2.32. The Hall–Kier alpha value is -2.06. The number of phenolic OH excluding ortho intramolecular Hbond substituents is 1. The van der Waals surface area contributed by atoms with Gasteiger partial charge in [0.15, 0.2) is 11.5 Å². The SMILES string of the molecule is COc1cc(Br)cc(/C=N/NS(=O)(=O)c2c(C)cc(C)cc2C)c1O. The predicted octanol–water partition coefficient (Wildman–Crippen LogP) is 3.40. The third-order valence-corrected chi connectivity index (χ3v) is 5.52. The van der Waals surface area contributed by atoms with E-state index in [9.17, 15) is 13.5 Å². The van der Waals surface area contributed by atoms with E-state index in [0.29, 0.717) is 21.2 Å². The highest BCUT2D eigenvalue weighted by molar-refractivity contribution is 9.10. The lowest BCUT2D eigenvalue weighted by molar-refractivity contribution is 0.373. The van der Waals surface area contributed by atoms with Crippen LogP contribution in [0.5, 0.6) is 11.5 Å². The van der Waals surface area contributed by atoms with E-state index in [4.69, 9.17) is 4.74 Å². The molecule has 0 saturated heterocycles. The van der Waals surface area contributed by atoms with Crippen molar-refractivity contribution in [2.75, 3.05) is 7.11 Å². The Bertz CT molecular complexity index is 917. The van der Waals surface area contributed by atoms with Crippen molar-refractivity contribution in [3.05, 3.63) is 51.0 Å². The van der Waals surface area contributed by atoms with Crippen LogP contribution in [-0.4, -0.2) is 26.8 Å². The zero-order valence-electron chi connectivity index (χ0n) is 14.3. The molecule has 2 rings (SSSR count). The molecule has 0 amide bonds. The molecule has 8 heteroatoms. The van der Waals surface area contributed by atoms with Gasteiger partial charge in [0.25, 0.3) is 10.0 Å². The summed E-state index contributed by atoms with van der Waals surface area (Å²) in [5.41, 5.74) is 2.59. The molecule has 0 aliphatic carbocycles. The minimum absolute atomic E-state index is 0.128. The van der Waals surface area contributed by atoms with E-state index in [2.05, 4.69) is 25.9 Å². The van der Waals surface area contributed by atoms with Crippen LogP contribution in [0.1, 0.15) is 22.3 Å². The molecule has 0 bridgehead atoms. The van der Waals surface area contributed by atoms with E-state index >= 15 is 0 Å². The Kier molecular flexibility index (Phi) is 5.74. The monoisotopic (exact) mass is 426 g/mol. The van der Waals surface area contributed by atoms with Gasteiger partial charge >= 0.3 is 0 Å². The molecule has 0 unspecified atom stereocenters. The van der Waals surface area contributed by atoms with Crippen LogP contribution in [0.3, 0.4) is 0 Å². The van der Waals surface area contributed by atoms with Crippen molar-refractivity contribution in [2.45, 2.75) is 25.7 Å². The Morgan fingerprint density at radius 2 is 1.76 bits per heavy atom. The van der Waals surface area contributed by atoms with Crippen LogP contribution in [0.4, 0.5) is 0 Å². The van der Waals surface area contributed by atoms with Gasteiger partial charge in [-0.25, -0.2) is 4.83 Å². The number of hydrazone groups is 1. The summed E-state index contributed by atoms with van der Waals surface area (Å²) in [6.45, 7) is 5.39. The zero-order valence-corrected chi connectivity index (χ0v) is 16.7. The van der Waals surface area contributed by atoms with Crippen molar-refractivity contribution in [1.82, 2.24) is 4.83 Å². The highest BCUT2D eigenvalue weighted by atomic mass is 79.9. The van der Waals surface area contributed by atoms with Gasteiger partial charge in [-0.05, 0) is 44.0 Å². The minimum atomic E-state index is -3.82. The fraction of sp³-hybridized carbons (Fsp3) is 0.235. The number of methoxy groups -OCH3 is 1. The first-order valence-electron chi connectivity index (χ1n) is 7.35. The van der Waals surface area contributed by atoms with Crippen molar-refractivity contribution < 1.29 is 18.3 Å². The first kappa shape index (κ1) is 19.3. The number of sulfonamides is 1. The summed E-state index contributed by atoms with van der Waals surface area (Å²) in [5, 5.41) is 13.8. The highest BCUT2D eigenvalue weighted by Crippen LogP contribution is 2.32. The van der Waals surface area contributed by atoms with Crippen molar-refractivity contribution in [3.63, 3.8) is 0 Å². The van der Waals surface area contributed by atoms with Crippen LogP contribution in [0.25, 0.3) is 0 Å². The number of halogens is 1. The number of aromatic hydroxyl groups is 1. The molecule has 25 heavy (non-hydrogen) atoms. The summed E-state index contributed by atoms with van der Waals surface area (Å²) in [6.07, 6.45) is 1.22. The van der Waals surface area contributed by atoms with Crippen LogP contribution in [0.2, 0.25) is 0 Å². The number of phenols is 1. The predicted molar refractivity (Wildman–Crippen MR) is 101 cm³/mol. The summed E-state index contributed by atoms with van der Waals surface area (Å²) in [6, 6.07) is 6.79. The minimum Gasteiger partial charge on any atom is -0.504 e. The number of benzene rings is 2. The van der Waals surface area contributed by atoms with E-state index < -0.39 is 10.0 Å². The number of aryl methyl sites for hydroxylation is 3. The number of ether oxygens (including phenoxy) is 1. The first-order chi connectivity index (χ1) is 11.7. The number of nitrogens with one attached hydrogen (secondary N) is 1. The first-order valence-corrected chi connectivity index (χ1v) is 9.62. The number of hydrogen-bond acceptors (Lipinski definition) is 5. The quantitative estimate of drug-likeness (QED) is 0.566. The summed E-state index contributed by atoms with van der Waals surface area (Å²) in [5.74, 6) is 0.125. The Morgan fingerprint density at radius 3 is 2.32 bits per heavy atom. The molecule has 6 nitrogen and oxygen atoms in total. The standard InChI is InChI=1S/C17H19BrN2O4S/c1-10-5-11(2)17(12(3)6-10)25(22,23)20-19-9-13-7-14(18)8-15(24-4)16(13)21/h5-9,20-21H,1-4H3/b19-9+. The molecule has 0 atom stereocenters. The number of rotatable bonds is 5. The molecule has 2 aromatic rings. The van der Waals surface area contributed by atoms with E-state index in [1.165, 1.54) is 13.3 Å². The largest absolute Gasteiger partial charge is 0.504 e. The molecule has 0 radical (unpaired) electrons. The van der Waals surface area contributed by atoms with Crippen LogP contribution in [0, 0.1) is 20.8 Å². The topological polar surface area (TPSA) is 88.0 Å². The van der Waals surface area contributed by atoms with Crippen molar-refractivity contribution >= 4 is 32.2 Å². The van der Waals surface area contributed by atoms with Crippen molar-refractivity contribution in [2.24, 2.45) is 5.10 Å². The third kappa shape index (κ3) is 4.32. The van der Waals surface area contributed by atoms with Gasteiger partial charge < -0.3 is 9.84 Å². The van der Waals surface area contributed by atoms with Gasteiger partial charge in [0.2, 0.25) is 0 Å². The lowest BCUT2D eigenvalue weighted by atomic mass is 10.1. The van der Waals surface area contributed by atoms with Crippen LogP contribution >= 0.6 is 15.9 Å². The molecule has 0 aliphatic rings. The van der Waals surface area contributed by atoms with E-state index in [1.54, 1.807) is 38.1 Å². The second-order valence-electron chi connectivity index (χ2n) is 5.63. The molecular formula is C17H19BrN2O4S. The van der Waals surface area contributed by atoms with Gasteiger partial charge in [0, 0.05) is 10.0 Å². The van der Waals surface area contributed by atoms with Gasteiger partial charge in [-0.2, -0.15) is 13.5 Å². The van der Waals surface area contributed by atoms with Crippen molar-refractivity contribution in [3.8, 4) is 11.5 Å². The summed E-state index contributed by atoms with van der Waals surface area (Å²) < 4.78 is 30.8. The molecule has 0 spiro atoms. The molecule has 0 aliphatic heterocycles. The molecule has 0 saturated carbocycles. The highest BCUT2D eigenvalue weighted by Gasteiger charge is 2.19. The maximum atomic E-state index is 12.5. The third-order valence-electron chi connectivity index (χ3n) is 3.54. The lowest BCUT2D eigenvalue weighted by Crippen LogP contribution is -2.20. The average Bonchev–Trinajstić information content (AvgIpc) is 2.48. The fourth-order valence-corrected chi connectivity index (χ4v) is 4.35. The molecular weight excluding hydrogens is 408 g/mol.